The molecule has 0 aromatic carbocycles. The lowest BCUT2D eigenvalue weighted by molar-refractivity contribution is -0.138. The standard InChI is InChI=1S/C10H13N3O2/c14-9(15)6-10(3-1-4-10)13-8-2-5-11-7-12-8/h2,5,7H,1,3-4,6H2,(H,14,15)(H,11,12,13). The van der Waals surface area contributed by atoms with E-state index in [9.17, 15) is 4.79 Å². The Balaban J connectivity index is 2.05. The Morgan fingerprint density at radius 1 is 1.60 bits per heavy atom. The van der Waals surface area contributed by atoms with Crippen molar-refractivity contribution in [3.8, 4) is 0 Å². The van der Waals surface area contributed by atoms with Crippen molar-refractivity contribution in [1.29, 1.82) is 0 Å². The third kappa shape index (κ3) is 2.23. The van der Waals surface area contributed by atoms with Crippen LogP contribution in [0, 0.1) is 0 Å². The van der Waals surface area contributed by atoms with Crippen molar-refractivity contribution in [2.24, 2.45) is 0 Å². The van der Waals surface area contributed by atoms with E-state index in [1.165, 1.54) is 6.33 Å². The number of hydrogen-bond acceptors (Lipinski definition) is 4. The Morgan fingerprint density at radius 2 is 2.40 bits per heavy atom. The van der Waals surface area contributed by atoms with Crippen LogP contribution in [0.3, 0.4) is 0 Å². The second-order valence-electron chi connectivity index (χ2n) is 3.92. The van der Waals surface area contributed by atoms with E-state index in [-0.39, 0.29) is 12.0 Å². The number of nitrogens with one attached hydrogen (secondary N) is 1. The molecule has 15 heavy (non-hydrogen) atoms. The molecule has 1 saturated carbocycles. The predicted octanol–water partition coefficient (Wildman–Crippen LogP) is 1.29. The Hall–Kier alpha value is -1.65. The SMILES string of the molecule is O=C(O)CC1(Nc2ccncn2)CCC1. The third-order valence-corrected chi connectivity index (χ3v) is 2.78. The van der Waals surface area contributed by atoms with Crippen LogP contribution in [0.4, 0.5) is 5.82 Å². The van der Waals surface area contributed by atoms with Crippen molar-refractivity contribution in [2.45, 2.75) is 31.2 Å². The zero-order chi connectivity index (χ0) is 10.7. The molecular formula is C10H13N3O2. The molecule has 1 aromatic heterocycles. The van der Waals surface area contributed by atoms with Gasteiger partial charge in [-0.1, -0.05) is 0 Å². The largest absolute Gasteiger partial charge is 0.481 e. The molecule has 0 atom stereocenters. The monoisotopic (exact) mass is 207 g/mol. The summed E-state index contributed by atoms with van der Waals surface area (Å²) in [5.41, 5.74) is -0.291. The lowest BCUT2D eigenvalue weighted by atomic mass is 9.74. The molecule has 0 bridgehead atoms. The fourth-order valence-electron chi connectivity index (χ4n) is 1.88. The summed E-state index contributed by atoms with van der Waals surface area (Å²) < 4.78 is 0. The number of carboxylic acid groups (broad SMARTS) is 1. The number of rotatable bonds is 4. The third-order valence-electron chi connectivity index (χ3n) is 2.78. The molecule has 0 spiro atoms. The average Bonchev–Trinajstić information content (AvgIpc) is 2.15. The first kappa shape index (κ1) is 9.89. The minimum absolute atomic E-state index is 0.150. The summed E-state index contributed by atoms with van der Waals surface area (Å²) in [6.45, 7) is 0. The van der Waals surface area contributed by atoms with Gasteiger partial charge in [0.25, 0.3) is 0 Å². The second-order valence-corrected chi connectivity index (χ2v) is 3.92. The van der Waals surface area contributed by atoms with Gasteiger partial charge in [-0.3, -0.25) is 4.79 Å². The Kier molecular flexibility index (Phi) is 2.53. The maximum atomic E-state index is 10.7. The van der Waals surface area contributed by atoms with E-state index in [1.807, 2.05) is 0 Å². The molecule has 5 nitrogen and oxygen atoms in total. The van der Waals surface area contributed by atoms with E-state index in [4.69, 9.17) is 5.11 Å². The number of aromatic nitrogens is 2. The van der Waals surface area contributed by atoms with Gasteiger partial charge >= 0.3 is 5.97 Å². The van der Waals surface area contributed by atoms with Gasteiger partial charge in [0.2, 0.25) is 0 Å². The lowest BCUT2D eigenvalue weighted by Crippen LogP contribution is -2.46. The Labute approximate surface area is 87.6 Å². The fraction of sp³-hybridized carbons (Fsp3) is 0.500. The van der Waals surface area contributed by atoms with Crippen molar-refractivity contribution in [1.82, 2.24) is 9.97 Å². The van der Waals surface area contributed by atoms with Gasteiger partial charge in [-0.25, -0.2) is 9.97 Å². The van der Waals surface area contributed by atoms with E-state index in [2.05, 4.69) is 15.3 Å². The van der Waals surface area contributed by atoms with Crippen LogP contribution in [0.2, 0.25) is 0 Å². The highest BCUT2D eigenvalue weighted by Gasteiger charge is 2.39. The normalized spacial score (nSPS) is 17.9. The zero-order valence-corrected chi connectivity index (χ0v) is 8.31. The number of carbonyl (C=O) groups is 1. The first-order valence-electron chi connectivity index (χ1n) is 4.96. The van der Waals surface area contributed by atoms with E-state index in [0.717, 1.165) is 19.3 Å². The maximum absolute atomic E-state index is 10.7. The van der Waals surface area contributed by atoms with Gasteiger partial charge in [0.15, 0.2) is 0 Å². The van der Waals surface area contributed by atoms with Crippen molar-refractivity contribution in [2.75, 3.05) is 5.32 Å². The van der Waals surface area contributed by atoms with Crippen molar-refractivity contribution in [3.05, 3.63) is 18.6 Å². The van der Waals surface area contributed by atoms with Gasteiger partial charge in [-0.05, 0) is 25.3 Å². The molecule has 0 amide bonds. The van der Waals surface area contributed by atoms with Crippen molar-refractivity contribution in [3.63, 3.8) is 0 Å². The van der Waals surface area contributed by atoms with Crippen LogP contribution >= 0.6 is 0 Å². The van der Waals surface area contributed by atoms with E-state index < -0.39 is 5.97 Å². The van der Waals surface area contributed by atoms with Crippen LogP contribution in [0.15, 0.2) is 18.6 Å². The summed E-state index contributed by atoms with van der Waals surface area (Å²) in [6.07, 6.45) is 6.10. The lowest BCUT2D eigenvalue weighted by Gasteiger charge is -2.41. The highest BCUT2D eigenvalue weighted by Crippen LogP contribution is 2.37. The minimum atomic E-state index is -0.767. The summed E-state index contributed by atoms with van der Waals surface area (Å²) in [6, 6.07) is 1.75. The molecule has 1 heterocycles. The summed E-state index contributed by atoms with van der Waals surface area (Å²) in [5.74, 6) is -0.0674. The maximum Gasteiger partial charge on any atom is 0.305 e. The van der Waals surface area contributed by atoms with Gasteiger partial charge in [0.1, 0.15) is 12.1 Å². The van der Waals surface area contributed by atoms with Crippen molar-refractivity contribution < 1.29 is 9.90 Å². The molecule has 0 saturated heterocycles. The summed E-state index contributed by atoms with van der Waals surface area (Å²) >= 11 is 0. The zero-order valence-electron chi connectivity index (χ0n) is 8.31. The highest BCUT2D eigenvalue weighted by molar-refractivity contribution is 5.69. The molecule has 0 aliphatic heterocycles. The number of carboxylic acids is 1. The molecule has 1 aliphatic carbocycles. The molecule has 0 unspecified atom stereocenters. The number of anilines is 1. The molecule has 2 rings (SSSR count). The molecule has 1 fully saturated rings. The molecular weight excluding hydrogens is 194 g/mol. The van der Waals surface area contributed by atoms with E-state index in [1.54, 1.807) is 12.3 Å². The van der Waals surface area contributed by atoms with Crippen LogP contribution in [0.5, 0.6) is 0 Å². The van der Waals surface area contributed by atoms with Gasteiger partial charge in [-0.2, -0.15) is 0 Å². The average molecular weight is 207 g/mol. The Morgan fingerprint density at radius 3 is 2.87 bits per heavy atom. The highest BCUT2D eigenvalue weighted by atomic mass is 16.4. The molecule has 0 radical (unpaired) electrons. The summed E-state index contributed by atoms with van der Waals surface area (Å²) in [5, 5.41) is 12.0. The van der Waals surface area contributed by atoms with Gasteiger partial charge in [-0.15, -0.1) is 0 Å². The fourth-order valence-corrected chi connectivity index (χ4v) is 1.88. The first-order valence-corrected chi connectivity index (χ1v) is 4.96. The van der Waals surface area contributed by atoms with Crippen LogP contribution in [0.1, 0.15) is 25.7 Å². The van der Waals surface area contributed by atoms with Gasteiger partial charge in [0.05, 0.1) is 6.42 Å². The summed E-state index contributed by atoms with van der Waals surface area (Å²) in [4.78, 5) is 18.6. The summed E-state index contributed by atoms with van der Waals surface area (Å²) in [7, 11) is 0. The molecule has 2 N–H and O–H groups in total. The number of hydrogen-bond donors (Lipinski definition) is 2. The minimum Gasteiger partial charge on any atom is -0.481 e. The van der Waals surface area contributed by atoms with E-state index >= 15 is 0 Å². The Bertz CT molecular complexity index is 349. The molecule has 80 valence electrons. The second kappa shape index (κ2) is 3.84. The van der Waals surface area contributed by atoms with Gasteiger partial charge in [0, 0.05) is 11.7 Å². The smallest absolute Gasteiger partial charge is 0.305 e. The van der Waals surface area contributed by atoms with Crippen LogP contribution < -0.4 is 5.32 Å². The topological polar surface area (TPSA) is 75.1 Å². The molecule has 5 heteroatoms. The first-order chi connectivity index (χ1) is 7.20. The van der Waals surface area contributed by atoms with E-state index in [0.29, 0.717) is 5.82 Å². The van der Waals surface area contributed by atoms with Crippen LogP contribution in [0.25, 0.3) is 0 Å². The number of aliphatic carboxylic acids is 1. The van der Waals surface area contributed by atoms with Crippen LogP contribution in [-0.2, 0) is 4.79 Å². The van der Waals surface area contributed by atoms with Crippen LogP contribution in [-0.4, -0.2) is 26.6 Å². The quantitative estimate of drug-likeness (QED) is 0.778. The van der Waals surface area contributed by atoms with Crippen molar-refractivity contribution >= 4 is 11.8 Å². The molecule has 1 aliphatic rings. The predicted molar refractivity (Wildman–Crippen MR) is 54.5 cm³/mol. The molecule has 1 aromatic rings. The number of nitrogens with zero attached hydrogens (tertiary/aromatic N) is 2. The van der Waals surface area contributed by atoms with Gasteiger partial charge < -0.3 is 10.4 Å².